The van der Waals surface area contributed by atoms with Crippen LogP contribution in [0.15, 0.2) is 39.9 Å². The van der Waals surface area contributed by atoms with Gasteiger partial charge in [-0.25, -0.2) is 0 Å². The molecule has 0 aliphatic carbocycles. The number of nitrogen functional groups attached to an aromatic ring is 1. The van der Waals surface area contributed by atoms with Gasteiger partial charge in [0.05, 0.1) is 5.69 Å². The Balaban J connectivity index is 2.30. The lowest BCUT2D eigenvalue weighted by atomic mass is 9.99. The van der Waals surface area contributed by atoms with E-state index in [0.717, 1.165) is 5.56 Å². The van der Waals surface area contributed by atoms with E-state index >= 15 is 0 Å². The van der Waals surface area contributed by atoms with Crippen LogP contribution < -0.4 is 16.6 Å². The Morgan fingerprint density at radius 3 is 2.21 bits per heavy atom. The molecule has 3 nitrogen and oxygen atoms in total. The highest BCUT2D eigenvalue weighted by atomic mass is 16.2. The lowest BCUT2D eigenvalue weighted by Gasteiger charge is -2.05. The van der Waals surface area contributed by atoms with E-state index < -0.39 is 10.9 Å². The normalized spacial score (nSPS) is 10.6. The Hall–Kier alpha value is -1.90. The van der Waals surface area contributed by atoms with Crippen LogP contribution in [0.1, 0.15) is 11.1 Å². The lowest BCUT2D eigenvalue weighted by Crippen LogP contribution is -2.38. The SMILES string of the molecule is Nc1c(Cc2ccccc2)c(=O)c1=O. The van der Waals surface area contributed by atoms with Crippen LogP contribution in [0.3, 0.4) is 0 Å². The molecule has 2 aromatic rings. The van der Waals surface area contributed by atoms with Gasteiger partial charge in [0.15, 0.2) is 0 Å². The lowest BCUT2D eigenvalue weighted by molar-refractivity contribution is 1.13. The van der Waals surface area contributed by atoms with Crippen molar-refractivity contribution < 1.29 is 0 Å². The van der Waals surface area contributed by atoms with Gasteiger partial charge >= 0.3 is 0 Å². The predicted molar refractivity (Wildman–Crippen MR) is 55.0 cm³/mol. The van der Waals surface area contributed by atoms with Crippen molar-refractivity contribution in [2.75, 3.05) is 5.73 Å². The second kappa shape index (κ2) is 3.10. The van der Waals surface area contributed by atoms with Gasteiger partial charge in [0.25, 0.3) is 0 Å². The number of hydrogen-bond acceptors (Lipinski definition) is 3. The van der Waals surface area contributed by atoms with Crippen LogP contribution in [0, 0.1) is 0 Å². The van der Waals surface area contributed by atoms with Crippen LogP contribution in [-0.4, -0.2) is 0 Å². The van der Waals surface area contributed by atoms with Crippen LogP contribution in [0.25, 0.3) is 0 Å². The van der Waals surface area contributed by atoms with Crippen molar-refractivity contribution in [2.24, 2.45) is 0 Å². The van der Waals surface area contributed by atoms with Crippen LogP contribution in [0.4, 0.5) is 5.69 Å². The fourth-order valence-electron chi connectivity index (χ4n) is 1.43. The summed E-state index contributed by atoms with van der Waals surface area (Å²) in [7, 11) is 0. The second-order valence-corrected chi connectivity index (χ2v) is 3.21. The van der Waals surface area contributed by atoms with E-state index in [4.69, 9.17) is 5.73 Å². The Labute approximate surface area is 80.5 Å². The molecule has 0 spiro atoms. The van der Waals surface area contributed by atoms with Crippen LogP contribution in [0.5, 0.6) is 0 Å². The average Bonchev–Trinajstić information content (AvgIpc) is 2.26. The molecule has 0 radical (unpaired) electrons. The van der Waals surface area contributed by atoms with E-state index in [1.54, 1.807) is 0 Å². The first-order valence-corrected chi connectivity index (χ1v) is 4.31. The van der Waals surface area contributed by atoms with Gasteiger partial charge in [-0.2, -0.15) is 0 Å². The molecule has 0 saturated heterocycles. The summed E-state index contributed by atoms with van der Waals surface area (Å²) in [5, 5.41) is 0. The molecule has 0 aromatic heterocycles. The Morgan fingerprint density at radius 2 is 1.64 bits per heavy atom. The molecular weight excluding hydrogens is 178 g/mol. The number of hydrogen-bond donors (Lipinski definition) is 1. The third-order valence-corrected chi connectivity index (χ3v) is 2.27. The first-order valence-electron chi connectivity index (χ1n) is 4.31. The van der Waals surface area contributed by atoms with Gasteiger partial charge in [0.1, 0.15) is 0 Å². The molecule has 2 N–H and O–H groups in total. The van der Waals surface area contributed by atoms with Crippen molar-refractivity contribution in [3.63, 3.8) is 0 Å². The van der Waals surface area contributed by atoms with Gasteiger partial charge in [-0.1, -0.05) is 30.3 Å². The molecule has 3 heteroatoms. The summed E-state index contributed by atoms with van der Waals surface area (Å²) in [4.78, 5) is 21.9. The second-order valence-electron chi connectivity index (χ2n) is 3.21. The summed E-state index contributed by atoms with van der Waals surface area (Å²) in [6, 6.07) is 9.47. The summed E-state index contributed by atoms with van der Waals surface area (Å²) >= 11 is 0. The molecule has 0 bridgehead atoms. The summed E-state index contributed by atoms with van der Waals surface area (Å²) < 4.78 is 0. The van der Waals surface area contributed by atoms with E-state index in [2.05, 4.69) is 0 Å². The first-order chi connectivity index (χ1) is 6.70. The highest BCUT2D eigenvalue weighted by Gasteiger charge is 2.17. The average molecular weight is 187 g/mol. The fourth-order valence-corrected chi connectivity index (χ4v) is 1.43. The summed E-state index contributed by atoms with van der Waals surface area (Å²) in [5.74, 6) is 0. The van der Waals surface area contributed by atoms with Crippen LogP contribution >= 0.6 is 0 Å². The van der Waals surface area contributed by atoms with Gasteiger partial charge in [-0.05, 0) is 5.56 Å². The Morgan fingerprint density at radius 1 is 1.00 bits per heavy atom. The third-order valence-electron chi connectivity index (χ3n) is 2.27. The van der Waals surface area contributed by atoms with Crippen molar-refractivity contribution in [1.29, 1.82) is 0 Å². The van der Waals surface area contributed by atoms with E-state index in [-0.39, 0.29) is 5.69 Å². The maximum Gasteiger partial charge on any atom is 0.249 e. The Kier molecular flexibility index (Phi) is 1.93. The van der Waals surface area contributed by atoms with E-state index in [1.165, 1.54) is 0 Å². The predicted octanol–water partition coefficient (Wildman–Crippen LogP) is 0.456. The van der Waals surface area contributed by atoms with Crippen LogP contribution in [-0.2, 0) is 6.42 Å². The number of anilines is 1. The molecule has 0 heterocycles. The standard InChI is InChI=1S/C11H9NO2/c12-9-8(10(13)11(9)14)6-7-4-2-1-3-5-7/h1-5H,6,12H2. The number of nitrogens with two attached hydrogens (primary N) is 1. The molecule has 0 aliphatic rings. The summed E-state index contributed by atoms with van der Waals surface area (Å²) in [5.41, 5.74) is 5.99. The van der Waals surface area contributed by atoms with Gasteiger partial charge < -0.3 is 5.73 Å². The monoisotopic (exact) mass is 187 g/mol. The van der Waals surface area contributed by atoms with E-state index in [0.29, 0.717) is 12.0 Å². The molecule has 70 valence electrons. The maximum atomic E-state index is 11.1. The molecule has 2 aromatic carbocycles. The molecule has 0 unspecified atom stereocenters. The maximum absolute atomic E-state index is 11.1. The van der Waals surface area contributed by atoms with Crippen LogP contribution in [0.2, 0.25) is 0 Å². The van der Waals surface area contributed by atoms with Gasteiger partial charge in [0, 0.05) is 12.0 Å². The molecule has 0 saturated carbocycles. The van der Waals surface area contributed by atoms with Gasteiger partial charge in [-0.15, -0.1) is 0 Å². The zero-order valence-electron chi connectivity index (χ0n) is 7.49. The highest BCUT2D eigenvalue weighted by Crippen LogP contribution is 2.10. The molecule has 0 amide bonds. The third kappa shape index (κ3) is 1.23. The van der Waals surface area contributed by atoms with Crippen molar-refractivity contribution >= 4 is 5.69 Å². The smallest absolute Gasteiger partial charge is 0.249 e. The largest absolute Gasteiger partial charge is 0.395 e. The summed E-state index contributed by atoms with van der Waals surface area (Å²) in [6.45, 7) is 0. The summed E-state index contributed by atoms with van der Waals surface area (Å²) in [6.07, 6.45) is 0.456. The fraction of sp³-hybridized carbons (Fsp3) is 0.0909. The van der Waals surface area contributed by atoms with E-state index in [1.807, 2.05) is 30.3 Å². The minimum Gasteiger partial charge on any atom is -0.395 e. The van der Waals surface area contributed by atoms with Crippen molar-refractivity contribution in [3.05, 3.63) is 61.9 Å². The molecule has 0 aliphatic heterocycles. The molecule has 0 atom stereocenters. The quantitative estimate of drug-likeness (QED) is 0.694. The van der Waals surface area contributed by atoms with Crippen molar-refractivity contribution in [1.82, 2.24) is 0 Å². The Bertz CT molecular complexity index is 522. The number of rotatable bonds is 2. The highest BCUT2D eigenvalue weighted by molar-refractivity contribution is 5.53. The molecule has 0 fully saturated rings. The molecular formula is C11H9NO2. The van der Waals surface area contributed by atoms with Gasteiger partial charge in [-0.3, -0.25) is 9.59 Å². The zero-order chi connectivity index (χ0) is 10.1. The molecule has 14 heavy (non-hydrogen) atoms. The first kappa shape index (κ1) is 8.69. The number of benzene rings is 1. The minimum absolute atomic E-state index is 0.124. The minimum atomic E-state index is -0.545. The zero-order valence-corrected chi connectivity index (χ0v) is 7.49. The van der Waals surface area contributed by atoms with E-state index in [9.17, 15) is 9.59 Å². The van der Waals surface area contributed by atoms with Crippen molar-refractivity contribution in [2.45, 2.75) is 6.42 Å². The topological polar surface area (TPSA) is 60.2 Å². The van der Waals surface area contributed by atoms with Gasteiger partial charge in [0.2, 0.25) is 10.9 Å². The molecule has 2 rings (SSSR count). The van der Waals surface area contributed by atoms with Crippen molar-refractivity contribution in [3.8, 4) is 0 Å².